The number of benzene rings is 2. The zero-order chi connectivity index (χ0) is 27.3. The number of hydrogen-bond donors (Lipinski definition) is 6. The van der Waals surface area contributed by atoms with E-state index in [1.807, 2.05) is 48.5 Å². The molecule has 3 aromatic rings. The molecule has 10 nitrogen and oxygen atoms in total. The predicted octanol–water partition coefficient (Wildman–Crippen LogP) is 3.10. The first-order chi connectivity index (χ1) is 18.4. The summed E-state index contributed by atoms with van der Waals surface area (Å²) in [7, 11) is 0. The van der Waals surface area contributed by atoms with E-state index < -0.39 is 17.9 Å². The average molecular weight is 523 g/mol. The molecule has 38 heavy (non-hydrogen) atoms. The van der Waals surface area contributed by atoms with Gasteiger partial charge in [-0.2, -0.15) is 0 Å². The summed E-state index contributed by atoms with van der Waals surface area (Å²) in [6.45, 7) is 0.516. The average Bonchev–Trinajstić information content (AvgIpc) is 3.35. The fourth-order valence-corrected chi connectivity index (χ4v) is 4.15. The van der Waals surface area contributed by atoms with Crippen molar-refractivity contribution in [3.05, 3.63) is 71.4 Å². The minimum atomic E-state index is -1.08. The molecule has 3 rings (SSSR count). The second-order valence-electron chi connectivity index (χ2n) is 9.21. The lowest BCUT2D eigenvalue weighted by atomic mass is 10.0. The molecule has 1 unspecified atom stereocenters. The van der Waals surface area contributed by atoms with Crippen LogP contribution in [0.2, 0.25) is 0 Å². The lowest BCUT2D eigenvalue weighted by molar-refractivity contribution is -0.141. The van der Waals surface area contributed by atoms with Gasteiger partial charge in [-0.15, -0.1) is 0 Å². The number of H-pyrrole nitrogens is 1. The smallest absolute Gasteiger partial charge is 0.326 e. The minimum Gasteiger partial charge on any atom is -0.480 e. The number of aromatic amines is 1. The number of aryl methyl sites for hydroxylation is 1. The van der Waals surface area contributed by atoms with Gasteiger partial charge >= 0.3 is 5.97 Å². The molecule has 0 saturated heterocycles. The van der Waals surface area contributed by atoms with Gasteiger partial charge in [0.1, 0.15) is 11.7 Å². The Balaban J connectivity index is 1.44. The molecule has 10 heteroatoms. The number of hydrogen-bond acceptors (Lipinski definition) is 5. The van der Waals surface area contributed by atoms with Crippen molar-refractivity contribution in [1.29, 1.82) is 0 Å². The van der Waals surface area contributed by atoms with Crippen LogP contribution in [0.1, 0.15) is 60.1 Å². The zero-order valence-electron chi connectivity index (χ0n) is 21.2. The lowest BCUT2D eigenvalue weighted by Gasteiger charge is -2.14. The molecule has 1 heterocycles. The number of aromatic nitrogens is 1. The molecule has 0 spiro atoms. The maximum Gasteiger partial charge on any atom is 0.326 e. The summed E-state index contributed by atoms with van der Waals surface area (Å²) in [6.07, 6.45) is 4.24. The molecule has 6 N–H and O–H groups in total. The Hall–Kier alpha value is -4.18. The maximum atomic E-state index is 12.5. The third-order valence-electron chi connectivity index (χ3n) is 6.23. The van der Waals surface area contributed by atoms with E-state index in [0.29, 0.717) is 25.1 Å². The predicted molar refractivity (Wildman–Crippen MR) is 142 cm³/mol. The molecular weight excluding hydrogens is 488 g/mol. The van der Waals surface area contributed by atoms with Crippen LogP contribution in [0, 0.1) is 0 Å². The summed E-state index contributed by atoms with van der Waals surface area (Å²) < 4.78 is 0. The molecule has 1 aromatic heterocycles. The number of carboxylic acids is 1. The molecule has 0 aliphatic heterocycles. The van der Waals surface area contributed by atoms with Crippen molar-refractivity contribution in [3.63, 3.8) is 0 Å². The number of nitrogens with one attached hydrogen (secondary N) is 4. The first-order valence-corrected chi connectivity index (χ1v) is 12.7. The summed E-state index contributed by atoms with van der Waals surface area (Å²) in [5.41, 5.74) is 4.60. The van der Waals surface area contributed by atoms with Gasteiger partial charge in [0.25, 0.3) is 5.91 Å². The number of carbonyl (C=O) groups excluding carboxylic acids is 3. The fraction of sp³-hybridized carbons (Fsp3) is 0.357. The Bertz CT molecular complexity index is 1240. The van der Waals surface area contributed by atoms with E-state index in [9.17, 15) is 24.3 Å². The normalized spacial score (nSPS) is 11.6. The van der Waals surface area contributed by atoms with Gasteiger partial charge in [-0.25, -0.2) is 10.3 Å². The minimum absolute atomic E-state index is 0.145. The van der Waals surface area contributed by atoms with E-state index in [1.165, 1.54) is 0 Å². The van der Waals surface area contributed by atoms with Gasteiger partial charge in [-0.05, 0) is 48.6 Å². The third kappa shape index (κ3) is 9.04. The summed E-state index contributed by atoms with van der Waals surface area (Å²) >= 11 is 0. The van der Waals surface area contributed by atoms with Crippen molar-refractivity contribution >= 4 is 34.6 Å². The Morgan fingerprint density at radius 1 is 0.842 bits per heavy atom. The lowest BCUT2D eigenvalue weighted by Crippen LogP contribution is -2.42. The van der Waals surface area contributed by atoms with E-state index in [2.05, 4.69) is 15.6 Å². The van der Waals surface area contributed by atoms with Crippen LogP contribution in [0.5, 0.6) is 0 Å². The molecule has 1 atom stereocenters. The Kier molecular flexibility index (Phi) is 10.9. The highest BCUT2D eigenvalue weighted by Gasteiger charge is 2.20. The van der Waals surface area contributed by atoms with Crippen LogP contribution in [-0.4, -0.2) is 51.6 Å². The molecule has 0 radical (unpaired) electrons. The highest BCUT2D eigenvalue weighted by atomic mass is 16.5. The van der Waals surface area contributed by atoms with Gasteiger partial charge in [0.15, 0.2) is 0 Å². The largest absolute Gasteiger partial charge is 0.480 e. The standard InChI is InChI=1S/C28H34N4O6/c33-25(31-24(28(36)37)17-19-8-4-3-5-9-19)14-12-20-11-13-22-21(16-20)18-23(30-22)27(35)29-15-7-2-1-6-10-26(34)32-38/h3-5,8-9,11,13,16,18,24,30,38H,1-2,6-7,10,12,14-15,17H2,(H,29,35)(H,31,33)(H,32,34)(H,36,37). The van der Waals surface area contributed by atoms with Crippen LogP contribution in [0.25, 0.3) is 10.9 Å². The van der Waals surface area contributed by atoms with Crippen LogP contribution >= 0.6 is 0 Å². The SMILES string of the molecule is O=C(CCCCCCNC(=O)c1cc2cc(CCC(=O)NC(Cc3ccccc3)C(=O)O)ccc2[nH]1)NO. The van der Waals surface area contributed by atoms with Gasteiger partial charge in [0, 0.05) is 36.7 Å². The Morgan fingerprint density at radius 2 is 1.61 bits per heavy atom. The monoisotopic (exact) mass is 522 g/mol. The zero-order valence-corrected chi connectivity index (χ0v) is 21.2. The fourth-order valence-electron chi connectivity index (χ4n) is 4.15. The highest BCUT2D eigenvalue weighted by molar-refractivity contribution is 5.98. The van der Waals surface area contributed by atoms with E-state index in [-0.39, 0.29) is 31.1 Å². The molecular formula is C28H34N4O6. The second kappa shape index (κ2) is 14.5. The second-order valence-corrected chi connectivity index (χ2v) is 9.21. The van der Waals surface area contributed by atoms with Crippen molar-refractivity contribution in [3.8, 4) is 0 Å². The van der Waals surface area contributed by atoms with Gasteiger partial charge in [0.2, 0.25) is 11.8 Å². The number of carbonyl (C=O) groups is 4. The van der Waals surface area contributed by atoms with Crippen LogP contribution in [0.15, 0.2) is 54.6 Å². The Labute approximate surface area is 220 Å². The van der Waals surface area contributed by atoms with Crippen molar-refractivity contribution in [2.45, 2.75) is 57.4 Å². The summed E-state index contributed by atoms with van der Waals surface area (Å²) in [4.78, 5) is 50.6. The number of fused-ring (bicyclic) bond motifs is 1. The van der Waals surface area contributed by atoms with Crippen molar-refractivity contribution in [2.24, 2.45) is 0 Å². The van der Waals surface area contributed by atoms with Crippen LogP contribution < -0.4 is 16.1 Å². The highest BCUT2D eigenvalue weighted by Crippen LogP contribution is 2.18. The molecule has 0 saturated carbocycles. The van der Waals surface area contributed by atoms with Crippen LogP contribution in [0.4, 0.5) is 0 Å². The van der Waals surface area contributed by atoms with Crippen molar-refractivity contribution in [1.82, 2.24) is 21.1 Å². The molecule has 202 valence electrons. The van der Waals surface area contributed by atoms with E-state index in [0.717, 1.165) is 41.3 Å². The first kappa shape index (κ1) is 28.4. The molecule has 0 bridgehead atoms. The molecule has 0 fully saturated rings. The number of unbranched alkanes of at least 4 members (excludes halogenated alkanes) is 3. The first-order valence-electron chi connectivity index (χ1n) is 12.7. The van der Waals surface area contributed by atoms with Crippen molar-refractivity contribution in [2.75, 3.05) is 6.54 Å². The number of aliphatic carboxylic acids is 1. The van der Waals surface area contributed by atoms with E-state index in [1.54, 1.807) is 11.5 Å². The number of carboxylic acid groups (broad SMARTS) is 1. The maximum absolute atomic E-state index is 12.5. The van der Waals surface area contributed by atoms with Gasteiger partial charge < -0.3 is 20.7 Å². The van der Waals surface area contributed by atoms with Gasteiger partial charge in [-0.1, -0.05) is 49.2 Å². The third-order valence-corrected chi connectivity index (χ3v) is 6.23. The quantitative estimate of drug-likeness (QED) is 0.102. The van der Waals surface area contributed by atoms with Crippen LogP contribution in [0.3, 0.4) is 0 Å². The van der Waals surface area contributed by atoms with Crippen molar-refractivity contribution < 1.29 is 29.5 Å². The molecule has 0 aliphatic carbocycles. The van der Waals surface area contributed by atoms with Gasteiger partial charge in [-0.3, -0.25) is 19.6 Å². The molecule has 3 amide bonds. The summed E-state index contributed by atoms with van der Waals surface area (Å²) in [6, 6.07) is 15.6. The molecule has 2 aromatic carbocycles. The summed E-state index contributed by atoms with van der Waals surface area (Å²) in [5, 5.41) is 24.3. The van der Waals surface area contributed by atoms with E-state index in [4.69, 9.17) is 5.21 Å². The Morgan fingerprint density at radius 3 is 2.34 bits per heavy atom. The topological polar surface area (TPSA) is 161 Å². The number of hydroxylamine groups is 1. The number of amides is 3. The number of rotatable bonds is 15. The van der Waals surface area contributed by atoms with Gasteiger partial charge in [0.05, 0.1) is 0 Å². The van der Waals surface area contributed by atoms with Crippen LogP contribution in [-0.2, 0) is 27.2 Å². The van der Waals surface area contributed by atoms with E-state index >= 15 is 0 Å². The summed E-state index contributed by atoms with van der Waals surface area (Å²) in [5.74, 6) is -2.01. The molecule has 0 aliphatic rings.